The molecule has 0 radical (unpaired) electrons. The van der Waals surface area contributed by atoms with Crippen molar-refractivity contribution in [1.82, 2.24) is 4.98 Å². The Labute approximate surface area is 79.0 Å². The fourth-order valence-corrected chi connectivity index (χ4v) is 0.938. The van der Waals surface area contributed by atoms with Crippen LogP contribution in [0.3, 0.4) is 0 Å². The molecule has 0 aliphatic carbocycles. The molecule has 0 atom stereocenters. The van der Waals surface area contributed by atoms with Crippen molar-refractivity contribution < 1.29 is 19.1 Å². The number of nitrogens with zero attached hydrogens (tertiary/aromatic N) is 1. The van der Waals surface area contributed by atoms with E-state index in [0.29, 0.717) is 0 Å². The SMILES string of the molecule is O=C1/C=C/C(=O)Oc2ncccc2O1. The minimum Gasteiger partial charge on any atom is -0.418 e. The van der Waals surface area contributed by atoms with Gasteiger partial charge < -0.3 is 9.47 Å². The Morgan fingerprint density at radius 3 is 2.57 bits per heavy atom. The van der Waals surface area contributed by atoms with Gasteiger partial charge in [0.1, 0.15) is 0 Å². The van der Waals surface area contributed by atoms with Crippen molar-refractivity contribution in [1.29, 1.82) is 0 Å². The first kappa shape index (κ1) is 8.43. The van der Waals surface area contributed by atoms with Gasteiger partial charge in [-0.2, -0.15) is 0 Å². The molecule has 2 heterocycles. The zero-order valence-corrected chi connectivity index (χ0v) is 6.97. The third-order valence-corrected chi connectivity index (χ3v) is 1.50. The maximum Gasteiger partial charge on any atom is 0.337 e. The normalized spacial score (nSPS) is 17.1. The van der Waals surface area contributed by atoms with Gasteiger partial charge in [-0.25, -0.2) is 14.6 Å². The molecule has 1 aromatic heterocycles. The molecule has 0 bridgehead atoms. The van der Waals surface area contributed by atoms with Gasteiger partial charge in [-0.05, 0) is 12.1 Å². The van der Waals surface area contributed by atoms with Crippen molar-refractivity contribution in [3.63, 3.8) is 0 Å². The molecule has 1 aliphatic rings. The van der Waals surface area contributed by atoms with E-state index in [9.17, 15) is 9.59 Å². The largest absolute Gasteiger partial charge is 0.418 e. The van der Waals surface area contributed by atoms with Crippen LogP contribution >= 0.6 is 0 Å². The van der Waals surface area contributed by atoms with Crippen LogP contribution in [0.2, 0.25) is 0 Å². The van der Waals surface area contributed by atoms with Crippen LogP contribution in [0.4, 0.5) is 0 Å². The summed E-state index contributed by atoms with van der Waals surface area (Å²) < 4.78 is 9.59. The Morgan fingerprint density at radius 2 is 1.79 bits per heavy atom. The van der Waals surface area contributed by atoms with Crippen molar-refractivity contribution in [2.24, 2.45) is 0 Å². The van der Waals surface area contributed by atoms with Crippen LogP contribution in [0.5, 0.6) is 11.6 Å². The average molecular weight is 191 g/mol. The van der Waals surface area contributed by atoms with Gasteiger partial charge in [0.05, 0.1) is 0 Å². The highest BCUT2D eigenvalue weighted by Gasteiger charge is 2.15. The fourth-order valence-electron chi connectivity index (χ4n) is 0.938. The van der Waals surface area contributed by atoms with E-state index >= 15 is 0 Å². The molecule has 2 rings (SSSR count). The van der Waals surface area contributed by atoms with E-state index in [1.165, 1.54) is 12.3 Å². The van der Waals surface area contributed by atoms with E-state index in [1.54, 1.807) is 6.07 Å². The first-order chi connectivity index (χ1) is 6.75. The molecule has 1 aromatic rings. The molecule has 0 amide bonds. The van der Waals surface area contributed by atoms with Crippen LogP contribution in [0, 0.1) is 0 Å². The lowest BCUT2D eigenvalue weighted by Crippen LogP contribution is -2.14. The third kappa shape index (κ3) is 1.61. The van der Waals surface area contributed by atoms with E-state index in [4.69, 9.17) is 9.47 Å². The number of fused-ring (bicyclic) bond motifs is 1. The van der Waals surface area contributed by atoms with E-state index in [1.807, 2.05) is 0 Å². The van der Waals surface area contributed by atoms with Crippen molar-refractivity contribution in [3.05, 3.63) is 30.5 Å². The molecular formula is C9H5NO4. The van der Waals surface area contributed by atoms with E-state index in [-0.39, 0.29) is 11.6 Å². The maximum atomic E-state index is 11.0. The zero-order chi connectivity index (χ0) is 9.97. The van der Waals surface area contributed by atoms with Gasteiger partial charge >= 0.3 is 11.9 Å². The monoisotopic (exact) mass is 191 g/mol. The van der Waals surface area contributed by atoms with Crippen molar-refractivity contribution in [3.8, 4) is 11.6 Å². The standard InChI is InChI=1S/C9H5NO4/c11-7-3-4-8(12)14-9-6(13-7)2-1-5-10-9/h1-5H/b4-3+. The number of ether oxygens (including phenoxy) is 2. The number of rotatable bonds is 0. The van der Waals surface area contributed by atoms with Crippen LogP contribution in [0.15, 0.2) is 30.5 Å². The highest BCUT2D eigenvalue weighted by atomic mass is 16.6. The molecule has 14 heavy (non-hydrogen) atoms. The smallest absolute Gasteiger partial charge is 0.337 e. The second kappa shape index (κ2) is 3.29. The number of esters is 2. The summed E-state index contributed by atoms with van der Waals surface area (Å²) >= 11 is 0. The summed E-state index contributed by atoms with van der Waals surface area (Å²) in [5, 5.41) is 0. The molecule has 0 saturated heterocycles. The highest BCUT2D eigenvalue weighted by molar-refractivity contribution is 5.94. The Morgan fingerprint density at radius 1 is 1.07 bits per heavy atom. The number of carbonyl (C=O) groups is 2. The maximum absolute atomic E-state index is 11.0. The molecule has 1 aliphatic heterocycles. The summed E-state index contributed by atoms with van der Waals surface area (Å²) in [6, 6.07) is 3.07. The van der Waals surface area contributed by atoms with E-state index in [2.05, 4.69) is 4.98 Å². The summed E-state index contributed by atoms with van der Waals surface area (Å²) in [6.07, 6.45) is 3.42. The van der Waals surface area contributed by atoms with E-state index < -0.39 is 11.9 Å². The molecule has 5 nitrogen and oxygen atoms in total. The van der Waals surface area contributed by atoms with Crippen LogP contribution < -0.4 is 9.47 Å². The molecule has 0 N–H and O–H groups in total. The first-order valence-electron chi connectivity index (χ1n) is 3.82. The predicted molar refractivity (Wildman–Crippen MR) is 44.6 cm³/mol. The molecule has 5 heteroatoms. The summed E-state index contributed by atoms with van der Waals surface area (Å²) in [6.45, 7) is 0. The second-order valence-corrected chi connectivity index (χ2v) is 2.48. The van der Waals surface area contributed by atoms with Crippen molar-refractivity contribution >= 4 is 11.9 Å². The van der Waals surface area contributed by atoms with Gasteiger partial charge in [-0.3, -0.25) is 0 Å². The van der Waals surface area contributed by atoms with Gasteiger partial charge in [-0.15, -0.1) is 0 Å². The van der Waals surface area contributed by atoms with Crippen LogP contribution in [0.25, 0.3) is 0 Å². The lowest BCUT2D eigenvalue weighted by atomic mass is 10.4. The molecule has 70 valence electrons. The van der Waals surface area contributed by atoms with Crippen LogP contribution in [-0.4, -0.2) is 16.9 Å². The molecular weight excluding hydrogens is 186 g/mol. The lowest BCUT2D eigenvalue weighted by molar-refractivity contribution is -0.133. The highest BCUT2D eigenvalue weighted by Crippen LogP contribution is 2.24. The van der Waals surface area contributed by atoms with Gasteiger partial charge in [0.25, 0.3) is 5.88 Å². The predicted octanol–water partition coefficient (Wildman–Crippen LogP) is 0.462. The Kier molecular flexibility index (Phi) is 1.98. The number of carbonyl (C=O) groups excluding carboxylic acids is 2. The Balaban J connectivity index is 2.44. The van der Waals surface area contributed by atoms with Crippen LogP contribution in [0.1, 0.15) is 0 Å². The van der Waals surface area contributed by atoms with E-state index in [0.717, 1.165) is 12.2 Å². The Bertz CT molecular complexity index is 386. The molecule has 0 aromatic carbocycles. The zero-order valence-electron chi connectivity index (χ0n) is 6.97. The van der Waals surface area contributed by atoms with Gasteiger partial charge in [0.2, 0.25) is 0 Å². The summed E-state index contributed by atoms with van der Waals surface area (Å²) in [4.78, 5) is 25.7. The first-order valence-corrected chi connectivity index (χ1v) is 3.82. The van der Waals surface area contributed by atoms with Gasteiger partial charge in [0.15, 0.2) is 5.75 Å². The quantitative estimate of drug-likeness (QED) is 0.557. The molecule has 0 spiro atoms. The minimum atomic E-state index is -0.651. The van der Waals surface area contributed by atoms with Crippen molar-refractivity contribution in [2.45, 2.75) is 0 Å². The average Bonchev–Trinajstić information content (AvgIpc) is 2.16. The molecule has 0 unspecified atom stereocenters. The lowest BCUT2D eigenvalue weighted by Gasteiger charge is -2.08. The molecule has 0 fully saturated rings. The third-order valence-electron chi connectivity index (χ3n) is 1.50. The number of pyridine rings is 1. The topological polar surface area (TPSA) is 65.5 Å². The number of hydrogen-bond acceptors (Lipinski definition) is 5. The molecule has 0 saturated carbocycles. The number of aromatic nitrogens is 1. The summed E-state index contributed by atoms with van der Waals surface area (Å²) in [5.74, 6) is -1.15. The second-order valence-electron chi connectivity index (χ2n) is 2.48. The minimum absolute atomic E-state index is 0.00444. The van der Waals surface area contributed by atoms with Crippen molar-refractivity contribution in [2.75, 3.05) is 0 Å². The Hall–Kier alpha value is -2.17. The summed E-state index contributed by atoms with van der Waals surface area (Å²) in [7, 11) is 0. The van der Waals surface area contributed by atoms with Crippen LogP contribution in [-0.2, 0) is 9.59 Å². The number of hydrogen-bond donors (Lipinski definition) is 0. The fraction of sp³-hybridized carbons (Fsp3) is 0. The van der Waals surface area contributed by atoms with Gasteiger partial charge in [-0.1, -0.05) is 0 Å². The van der Waals surface area contributed by atoms with Gasteiger partial charge in [0, 0.05) is 18.3 Å². The summed E-state index contributed by atoms with van der Waals surface area (Å²) in [5.41, 5.74) is 0.